The number of nitrogens with zero attached hydrogens (tertiary/aromatic N) is 2. The molecule has 0 aliphatic rings. The van der Waals surface area contributed by atoms with E-state index in [1.807, 2.05) is 0 Å². The van der Waals surface area contributed by atoms with Gasteiger partial charge in [0.1, 0.15) is 5.82 Å². The van der Waals surface area contributed by atoms with Gasteiger partial charge in [0.05, 0.1) is 16.5 Å². The van der Waals surface area contributed by atoms with Crippen LogP contribution in [0.1, 0.15) is 5.69 Å². The fourth-order valence-corrected chi connectivity index (χ4v) is 1.59. The Hall–Kier alpha value is -1.20. The van der Waals surface area contributed by atoms with Crippen LogP contribution in [0.25, 0.3) is 5.69 Å². The molecule has 15 heavy (non-hydrogen) atoms. The molecule has 0 aliphatic carbocycles. The summed E-state index contributed by atoms with van der Waals surface area (Å²) in [5, 5.41) is 0. The van der Waals surface area contributed by atoms with E-state index in [-0.39, 0.29) is 5.82 Å². The molecule has 0 amide bonds. The summed E-state index contributed by atoms with van der Waals surface area (Å²) in [5.74, 6) is -0.302. The van der Waals surface area contributed by atoms with Crippen molar-refractivity contribution in [2.75, 3.05) is 0 Å². The van der Waals surface area contributed by atoms with Gasteiger partial charge in [0, 0.05) is 18.4 Å². The second-order valence-corrected chi connectivity index (χ2v) is 3.91. The Morgan fingerprint density at radius 2 is 2.27 bits per heavy atom. The molecule has 1 aromatic carbocycles. The number of hydrogen-bond acceptors (Lipinski definition) is 2. The first kappa shape index (κ1) is 10.3. The molecular formula is C10H9BrFN3. The number of halogens is 2. The number of benzene rings is 1. The molecule has 3 nitrogen and oxygen atoms in total. The molecule has 0 atom stereocenters. The second kappa shape index (κ2) is 4.12. The largest absolute Gasteiger partial charge is 0.325 e. The van der Waals surface area contributed by atoms with E-state index in [9.17, 15) is 4.39 Å². The molecule has 0 unspecified atom stereocenters. The number of aromatic nitrogens is 2. The molecule has 0 radical (unpaired) electrons. The van der Waals surface area contributed by atoms with Crippen LogP contribution in [-0.2, 0) is 6.54 Å². The molecule has 1 aromatic heterocycles. The lowest BCUT2D eigenvalue weighted by Gasteiger charge is -2.06. The first-order valence-electron chi connectivity index (χ1n) is 4.39. The van der Waals surface area contributed by atoms with Crippen LogP contribution in [0, 0.1) is 5.82 Å². The average molecular weight is 270 g/mol. The van der Waals surface area contributed by atoms with Gasteiger partial charge in [0.25, 0.3) is 0 Å². The molecule has 5 heteroatoms. The lowest BCUT2D eigenvalue weighted by Crippen LogP contribution is -2.04. The van der Waals surface area contributed by atoms with Crippen molar-refractivity contribution < 1.29 is 4.39 Å². The quantitative estimate of drug-likeness (QED) is 0.909. The summed E-state index contributed by atoms with van der Waals surface area (Å²) >= 11 is 3.10. The highest BCUT2D eigenvalue weighted by Gasteiger charge is 2.05. The normalized spacial score (nSPS) is 10.6. The smallest absolute Gasteiger partial charge is 0.139 e. The summed E-state index contributed by atoms with van der Waals surface area (Å²) in [6.07, 6.45) is 3.28. The Kier molecular flexibility index (Phi) is 2.83. The maximum absolute atomic E-state index is 13.3. The summed E-state index contributed by atoms with van der Waals surface area (Å²) in [6, 6.07) is 4.89. The van der Waals surface area contributed by atoms with Crippen LogP contribution < -0.4 is 5.73 Å². The summed E-state index contributed by atoms with van der Waals surface area (Å²) in [6.45, 7) is 0.373. The Morgan fingerprint density at radius 3 is 2.93 bits per heavy atom. The van der Waals surface area contributed by atoms with E-state index in [4.69, 9.17) is 5.73 Å². The van der Waals surface area contributed by atoms with E-state index < -0.39 is 0 Å². The standard InChI is InChI=1S/C10H9BrFN3/c11-9-2-1-7(3-10(9)12)15-6-14-5-8(15)4-13/h1-3,5-6H,4,13H2. The van der Waals surface area contributed by atoms with Crippen LogP contribution >= 0.6 is 15.9 Å². The van der Waals surface area contributed by atoms with Crippen LogP contribution in [0.5, 0.6) is 0 Å². The molecule has 0 fully saturated rings. The Bertz CT molecular complexity index is 481. The highest BCUT2D eigenvalue weighted by Crippen LogP contribution is 2.19. The van der Waals surface area contributed by atoms with Crippen LogP contribution in [0.3, 0.4) is 0 Å². The van der Waals surface area contributed by atoms with Crippen LogP contribution in [0.4, 0.5) is 4.39 Å². The van der Waals surface area contributed by atoms with Gasteiger partial charge in [-0.3, -0.25) is 0 Å². The van der Waals surface area contributed by atoms with E-state index in [2.05, 4.69) is 20.9 Å². The molecule has 0 bridgehead atoms. The van der Waals surface area contributed by atoms with Crippen LogP contribution in [-0.4, -0.2) is 9.55 Å². The van der Waals surface area contributed by atoms with Gasteiger partial charge in [-0.05, 0) is 34.1 Å². The van der Waals surface area contributed by atoms with Crippen LogP contribution in [0.15, 0.2) is 35.2 Å². The van der Waals surface area contributed by atoms with Crippen molar-refractivity contribution in [1.29, 1.82) is 0 Å². The highest BCUT2D eigenvalue weighted by molar-refractivity contribution is 9.10. The minimum Gasteiger partial charge on any atom is -0.325 e. The minimum absolute atomic E-state index is 0.302. The minimum atomic E-state index is -0.302. The Morgan fingerprint density at radius 1 is 1.47 bits per heavy atom. The number of hydrogen-bond donors (Lipinski definition) is 1. The van der Waals surface area contributed by atoms with Crippen molar-refractivity contribution in [1.82, 2.24) is 9.55 Å². The van der Waals surface area contributed by atoms with Crippen molar-refractivity contribution in [3.8, 4) is 5.69 Å². The van der Waals surface area contributed by atoms with E-state index in [1.165, 1.54) is 6.07 Å². The van der Waals surface area contributed by atoms with Crippen molar-refractivity contribution in [2.24, 2.45) is 5.73 Å². The topological polar surface area (TPSA) is 43.8 Å². The predicted molar refractivity (Wildman–Crippen MR) is 59.1 cm³/mol. The number of imidazole rings is 1. The first-order valence-corrected chi connectivity index (χ1v) is 5.18. The molecule has 78 valence electrons. The molecule has 0 saturated heterocycles. The molecule has 2 aromatic rings. The molecule has 2 rings (SSSR count). The Labute approximate surface area is 94.9 Å². The van der Waals surface area contributed by atoms with Gasteiger partial charge < -0.3 is 10.3 Å². The third kappa shape index (κ3) is 1.93. The molecular weight excluding hydrogens is 261 g/mol. The van der Waals surface area contributed by atoms with Crippen molar-refractivity contribution >= 4 is 15.9 Å². The lowest BCUT2D eigenvalue weighted by atomic mass is 10.3. The van der Waals surface area contributed by atoms with Crippen molar-refractivity contribution in [2.45, 2.75) is 6.54 Å². The molecule has 0 aliphatic heterocycles. The SMILES string of the molecule is NCc1cncn1-c1ccc(Br)c(F)c1. The second-order valence-electron chi connectivity index (χ2n) is 3.06. The summed E-state index contributed by atoms with van der Waals surface area (Å²) in [4.78, 5) is 3.97. The van der Waals surface area contributed by atoms with Crippen molar-refractivity contribution in [3.63, 3.8) is 0 Å². The van der Waals surface area contributed by atoms with Gasteiger partial charge in [-0.25, -0.2) is 9.37 Å². The summed E-state index contributed by atoms with van der Waals surface area (Å²) in [5.41, 5.74) is 7.10. The summed E-state index contributed by atoms with van der Waals surface area (Å²) in [7, 11) is 0. The molecule has 2 N–H and O–H groups in total. The number of nitrogens with two attached hydrogens (primary N) is 1. The van der Waals surface area contributed by atoms with E-state index in [0.717, 1.165) is 5.69 Å². The third-order valence-electron chi connectivity index (χ3n) is 2.11. The van der Waals surface area contributed by atoms with Crippen LogP contribution in [0.2, 0.25) is 0 Å². The average Bonchev–Trinajstić information content (AvgIpc) is 2.70. The van der Waals surface area contributed by atoms with E-state index in [1.54, 1.807) is 29.2 Å². The zero-order valence-electron chi connectivity index (χ0n) is 7.82. The van der Waals surface area contributed by atoms with Gasteiger partial charge >= 0.3 is 0 Å². The fraction of sp³-hybridized carbons (Fsp3) is 0.100. The molecule has 0 spiro atoms. The highest BCUT2D eigenvalue weighted by atomic mass is 79.9. The molecule has 0 saturated carbocycles. The predicted octanol–water partition coefficient (Wildman–Crippen LogP) is 2.23. The van der Waals surface area contributed by atoms with Gasteiger partial charge in [-0.2, -0.15) is 0 Å². The number of rotatable bonds is 2. The maximum Gasteiger partial charge on any atom is 0.139 e. The van der Waals surface area contributed by atoms with Gasteiger partial charge in [-0.1, -0.05) is 0 Å². The maximum atomic E-state index is 13.3. The summed E-state index contributed by atoms with van der Waals surface area (Å²) < 4.78 is 15.5. The monoisotopic (exact) mass is 269 g/mol. The van der Waals surface area contributed by atoms with Crippen molar-refractivity contribution in [3.05, 3.63) is 46.7 Å². The molecule has 1 heterocycles. The third-order valence-corrected chi connectivity index (χ3v) is 2.75. The fourth-order valence-electron chi connectivity index (χ4n) is 1.34. The Balaban J connectivity index is 2.50. The van der Waals surface area contributed by atoms with E-state index >= 15 is 0 Å². The zero-order chi connectivity index (χ0) is 10.8. The lowest BCUT2D eigenvalue weighted by molar-refractivity contribution is 0.619. The van der Waals surface area contributed by atoms with Gasteiger partial charge in [0.2, 0.25) is 0 Å². The van der Waals surface area contributed by atoms with Gasteiger partial charge in [-0.15, -0.1) is 0 Å². The first-order chi connectivity index (χ1) is 7.22. The van der Waals surface area contributed by atoms with E-state index in [0.29, 0.717) is 16.7 Å². The zero-order valence-corrected chi connectivity index (χ0v) is 9.41. The van der Waals surface area contributed by atoms with Gasteiger partial charge in [0.15, 0.2) is 0 Å².